The monoisotopic (exact) mass is 494 g/mol. The first-order valence-electron chi connectivity index (χ1n) is 11.8. The Balaban J connectivity index is 1.36. The molecule has 0 spiro atoms. The summed E-state index contributed by atoms with van der Waals surface area (Å²) in [6.07, 6.45) is -1.81. The van der Waals surface area contributed by atoms with Gasteiger partial charge in [-0.15, -0.1) is 0 Å². The molecule has 2 heterocycles. The van der Waals surface area contributed by atoms with Crippen LogP contribution in [0.4, 0.5) is 18.9 Å². The first-order chi connectivity index (χ1) is 16.1. The summed E-state index contributed by atoms with van der Waals surface area (Å²) in [5.41, 5.74) is -1.81. The van der Waals surface area contributed by atoms with Crippen LogP contribution >= 0.6 is 11.6 Å². The van der Waals surface area contributed by atoms with E-state index in [9.17, 15) is 23.1 Å². The highest BCUT2D eigenvalue weighted by Crippen LogP contribution is 2.42. The molecule has 2 saturated heterocycles. The van der Waals surface area contributed by atoms with Gasteiger partial charge in [0.1, 0.15) is 0 Å². The number of aliphatic hydroxyl groups is 1. The summed E-state index contributed by atoms with van der Waals surface area (Å²) in [7, 11) is 0. The van der Waals surface area contributed by atoms with E-state index in [2.05, 4.69) is 11.0 Å². The first-order valence-corrected chi connectivity index (χ1v) is 12.1. The molecule has 0 aromatic heterocycles. The highest BCUT2D eigenvalue weighted by atomic mass is 35.5. The van der Waals surface area contributed by atoms with E-state index in [1.165, 1.54) is 17.0 Å². The molecule has 4 nitrogen and oxygen atoms in total. The second kappa shape index (κ2) is 9.78. The molecule has 0 aliphatic carbocycles. The van der Waals surface area contributed by atoms with Crippen molar-refractivity contribution < 1.29 is 23.1 Å². The Bertz CT molecular complexity index is 1000. The highest BCUT2D eigenvalue weighted by molar-refractivity contribution is 6.31. The van der Waals surface area contributed by atoms with E-state index < -0.39 is 23.2 Å². The fourth-order valence-electron chi connectivity index (χ4n) is 5.30. The number of piperidine rings is 2. The van der Waals surface area contributed by atoms with Crippen molar-refractivity contribution in [3.05, 3.63) is 64.7 Å². The fraction of sp³-hybridized carbons (Fsp3) is 0.500. The minimum atomic E-state index is -5.10. The van der Waals surface area contributed by atoms with E-state index in [4.69, 9.17) is 11.6 Å². The molecule has 2 aromatic carbocycles. The zero-order valence-electron chi connectivity index (χ0n) is 19.2. The number of rotatable bonds is 4. The largest absolute Gasteiger partial charge is 0.430 e. The molecular weight excluding hydrogens is 465 g/mol. The van der Waals surface area contributed by atoms with Crippen LogP contribution < -0.4 is 4.90 Å². The summed E-state index contributed by atoms with van der Waals surface area (Å²) in [5, 5.41) is 11.4. The molecule has 0 radical (unpaired) electrons. The van der Waals surface area contributed by atoms with E-state index in [1.807, 2.05) is 19.1 Å². The number of nitrogens with zero attached hydrogens (tertiary/aromatic N) is 2. The van der Waals surface area contributed by atoms with Gasteiger partial charge in [-0.2, -0.15) is 13.2 Å². The van der Waals surface area contributed by atoms with Gasteiger partial charge in [-0.3, -0.25) is 4.79 Å². The number of alkyl halides is 3. The zero-order valence-corrected chi connectivity index (χ0v) is 19.9. The van der Waals surface area contributed by atoms with Gasteiger partial charge in [-0.25, -0.2) is 0 Å². The third-order valence-corrected chi connectivity index (χ3v) is 7.87. The Morgan fingerprint density at radius 1 is 0.941 bits per heavy atom. The fourth-order valence-corrected chi connectivity index (χ4v) is 5.47. The van der Waals surface area contributed by atoms with Crippen molar-refractivity contribution in [1.82, 2.24) is 4.90 Å². The molecule has 0 unspecified atom stereocenters. The van der Waals surface area contributed by atoms with E-state index in [0.29, 0.717) is 24.7 Å². The molecular formula is C26H30ClF3N2O2. The second-order valence-corrected chi connectivity index (χ2v) is 9.87. The molecule has 2 aromatic rings. The van der Waals surface area contributed by atoms with Gasteiger partial charge in [-0.05, 0) is 62.1 Å². The molecule has 2 fully saturated rings. The molecule has 0 bridgehead atoms. The van der Waals surface area contributed by atoms with E-state index in [1.54, 1.807) is 6.07 Å². The molecule has 184 valence electrons. The van der Waals surface area contributed by atoms with Crippen LogP contribution in [0.2, 0.25) is 5.02 Å². The lowest BCUT2D eigenvalue weighted by Crippen LogP contribution is -2.57. The Hall–Kier alpha value is -2.25. The molecule has 1 atom stereocenters. The normalized spacial score (nSPS) is 20.3. The Morgan fingerprint density at radius 2 is 1.50 bits per heavy atom. The quantitative estimate of drug-likeness (QED) is 0.605. The average Bonchev–Trinajstić information content (AvgIpc) is 2.85. The highest BCUT2D eigenvalue weighted by Gasteiger charge is 2.62. The van der Waals surface area contributed by atoms with Gasteiger partial charge in [0, 0.05) is 42.5 Å². The van der Waals surface area contributed by atoms with Crippen LogP contribution in [0, 0.1) is 18.8 Å². The predicted octanol–water partition coefficient (Wildman–Crippen LogP) is 5.55. The maximum absolute atomic E-state index is 13.9. The maximum Gasteiger partial charge on any atom is 0.430 e. The number of carbonyl (C=O) groups is 1. The van der Waals surface area contributed by atoms with Gasteiger partial charge in [-0.1, -0.05) is 48.0 Å². The number of carbonyl (C=O) groups excluding carboxylic acids is 1. The summed E-state index contributed by atoms with van der Waals surface area (Å²) >= 11 is 6.27. The van der Waals surface area contributed by atoms with Gasteiger partial charge in [0.15, 0.2) is 0 Å². The lowest BCUT2D eigenvalue weighted by atomic mass is 9.78. The van der Waals surface area contributed by atoms with Gasteiger partial charge in [0.25, 0.3) is 11.5 Å². The van der Waals surface area contributed by atoms with Crippen LogP contribution in [0.1, 0.15) is 36.8 Å². The van der Waals surface area contributed by atoms with Crippen molar-refractivity contribution in [3.8, 4) is 0 Å². The SMILES string of the molecule is Cc1ccc(N2CCC(C3CCN(C(=O)[C@](O)(c4ccccc4)C(F)(F)F)CC3)CC2)cc1Cl. The second-order valence-electron chi connectivity index (χ2n) is 9.46. The van der Waals surface area contributed by atoms with Crippen LogP contribution in [0.15, 0.2) is 48.5 Å². The van der Waals surface area contributed by atoms with Crippen molar-refractivity contribution in [2.24, 2.45) is 11.8 Å². The van der Waals surface area contributed by atoms with Crippen molar-refractivity contribution in [2.75, 3.05) is 31.1 Å². The van der Waals surface area contributed by atoms with Gasteiger partial charge in [0.05, 0.1) is 0 Å². The lowest BCUT2D eigenvalue weighted by molar-refractivity contribution is -0.262. The van der Waals surface area contributed by atoms with Gasteiger partial charge >= 0.3 is 6.18 Å². The molecule has 1 N–H and O–H groups in total. The number of hydrogen-bond acceptors (Lipinski definition) is 3. The summed E-state index contributed by atoms with van der Waals surface area (Å²) in [6, 6.07) is 12.7. The summed E-state index contributed by atoms with van der Waals surface area (Å²) in [5.74, 6) is -0.440. The Kier molecular flexibility index (Phi) is 7.15. The Morgan fingerprint density at radius 3 is 2.03 bits per heavy atom. The first kappa shape index (κ1) is 24.9. The maximum atomic E-state index is 13.9. The number of halogens is 4. The molecule has 2 aliphatic rings. The topological polar surface area (TPSA) is 43.8 Å². The minimum absolute atomic E-state index is 0.225. The molecule has 34 heavy (non-hydrogen) atoms. The number of amides is 1. The Labute approximate surface area is 203 Å². The van der Waals surface area contributed by atoms with Crippen LogP contribution in [0.3, 0.4) is 0 Å². The molecule has 8 heteroatoms. The predicted molar refractivity (Wildman–Crippen MR) is 127 cm³/mol. The smallest absolute Gasteiger partial charge is 0.371 e. The van der Waals surface area contributed by atoms with E-state index >= 15 is 0 Å². The third-order valence-electron chi connectivity index (χ3n) is 7.46. The van der Waals surface area contributed by atoms with Crippen LogP contribution in [0.25, 0.3) is 0 Å². The zero-order chi connectivity index (χ0) is 24.5. The van der Waals surface area contributed by atoms with Crippen molar-refractivity contribution >= 4 is 23.2 Å². The molecule has 0 saturated carbocycles. The number of hydrogen-bond donors (Lipinski definition) is 1. The molecule has 1 amide bonds. The van der Waals surface area contributed by atoms with Crippen molar-refractivity contribution in [2.45, 2.75) is 44.4 Å². The number of aryl methyl sites for hydroxylation is 1. The van der Waals surface area contributed by atoms with Crippen molar-refractivity contribution in [3.63, 3.8) is 0 Å². The van der Waals surface area contributed by atoms with Crippen LogP contribution in [-0.4, -0.2) is 48.3 Å². The number of benzene rings is 2. The van der Waals surface area contributed by atoms with Crippen LogP contribution in [-0.2, 0) is 10.4 Å². The summed E-state index contributed by atoms with van der Waals surface area (Å²) in [6.45, 7) is 4.24. The van der Waals surface area contributed by atoms with Crippen LogP contribution in [0.5, 0.6) is 0 Å². The minimum Gasteiger partial charge on any atom is -0.371 e. The molecule has 2 aliphatic heterocycles. The average molecular weight is 495 g/mol. The number of anilines is 1. The van der Waals surface area contributed by atoms with Crippen molar-refractivity contribution in [1.29, 1.82) is 0 Å². The molecule has 4 rings (SSSR count). The third kappa shape index (κ3) is 4.78. The van der Waals surface area contributed by atoms with Gasteiger partial charge in [0.2, 0.25) is 0 Å². The van der Waals surface area contributed by atoms with E-state index in [-0.39, 0.29) is 13.1 Å². The van der Waals surface area contributed by atoms with Gasteiger partial charge < -0.3 is 14.9 Å². The lowest BCUT2D eigenvalue weighted by Gasteiger charge is -2.42. The number of likely N-dealkylation sites (tertiary alicyclic amines) is 1. The van der Waals surface area contributed by atoms with E-state index in [0.717, 1.165) is 54.3 Å². The summed E-state index contributed by atoms with van der Waals surface area (Å²) in [4.78, 5) is 16.4. The summed E-state index contributed by atoms with van der Waals surface area (Å²) < 4.78 is 41.6. The standard InChI is InChI=1S/C26H30ClF3N2O2/c1-18-7-8-22(17-23(18)27)31-13-9-19(10-14-31)20-11-15-32(16-12-20)24(33)25(34,26(28,29)30)21-5-3-2-4-6-21/h2-8,17,19-20,34H,9-16H2,1H3/t25-/m1/s1.